The van der Waals surface area contributed by atoms with Crippen LogP contribution in [-0.2, 0) is 5.41 Å². The normalized spacial score (nSPS) is 12.1. The second-order valence-electron chi connectivity index (χ2n) is 10.6. The van der Waals surface area contributed by atoms with Crippen LogP contribution in [0.3, 0.4) is 0 Å². The Balaban J connectivity index is 1.79. The van der Waals surface area contributed by atoms with E-state index < -0.39 is 6.03 Å². The summed E-state index contributed by atoms with van der Waals surface area (Å²) in [6, 6.07) is 17.6. The standard InChI is InChI=1S/C27H30ClN5O2/c1-26(2,3)16-27(4,5)17-13-22(30-25(35)29-19-9-7-6-8-10-19)24(34)23(14-17)33-31-20-12-11-18(28)15-21(20)32-33/h6-15,34H,16H2,1-5H3,(H2,29,30,35). The molecule has 0 aliphatic carbocycles. The van der Waals surface area contributed by atoms with E-state index in [1.165, 1.54) is 4.80 Å². The van der Waals surface area contributed by atoms with E-state index in [1.807, 2.05) is 30.3 Å². The van der Waals surface area contributed by atoms with E-state index >= 15 is 0 Å². The van der Waals surface area contributed by atoms with Crippen LogP contribution in [0.15, 0.2) is 60.7 Å². The molecule has 0 radical (unpaired) electrons. The summed E-state index contributed by atoms with van der Waals surface area (Å²) in [6.45, 7) is 10.9. The van der Waals surface area contributed by atoms with Crippen LogP contribution in [0, 0.1) is 5.41 Å². The lowest BCUT2D eigenvalue weighted by Crippen LogP contribution is -2.26. The lowest BCUT2D eigenvalue weighted by Gasteiger charge is -2.33. The van der Waals surface area contributed by atoms with Gasteiger partial charge in [0.25, 0.3) is 0 Å². The van der Waals surface area contributed by atoms with Crippen molar-refractivity contribution in [1.29, 1.82) is 0 Å². The number of benzene rings is 3. The highest BCUT2D eigenvalue weighted by Gasteiger charge is 2.30. The van der Waals surface area contributed by atoms with Gasteiger partial charge >= 0.3 is 6.03 Å². The number of nitrogens with one attached hydrogen (secondary N) is 2. The molecule has 4 aromatic rings. The third kappa shape index (κ3) is 5.74. The highest BCUT2D eigenvalue weighted by molar-refractivity contribution is 6.31. The number of amides is 2. The molecule has 35 heavy (non-hydrogen) atoms. The Morgan fingerprint density at radius 1 is 0.943 bits per heavy atom. The van der Waals surface area contributed by atoms with Crippen LogP contribution in [0.4, 0.5) is 16.2 Å². The van der Waals surface area contributed by atoms with E-state index in [1.54, 1.807) is 30.3 Å². The number of carbonyl (C=O) groups is 1. The fraction of sp³-hybridized carbons (Fsp3) is 0.296. The van der Waals surface area contributed by atoms with Crippen molar-refractivity contribution in [3.8, 4) is 11.4 Å². The molecule has 0 spiro atoms. The van der Waals surface area contributed by atoms with E-state index in [9.17, 15) is 9.90 Å². The summed E-state index contributed by atoms with van der Waals surface area (Å²) in [7, 11) is 0. The molecule has 0 saturated carbocycles. The zero-order valence-corrected chi connectivity index (χ0v) is 21.3. The number of fused-ring (bicyclic) bond motifs is 1. The van der Waals surface area contributed by atoms with E-state index in [0.717, 1.165) is 12.0 Å². The topological polar surface area (TPSA) is 92.1 Å². The van der Waals surface area contributed by atoms with Crippen LogP contribution in [-0.4, -0.2) is 26.1 Å². The number of hydrogen-bond donors (Lipinski definition) is 3. The first kappa shape index (κ1) is 24.5. The van der Waals surface area contributed by atoms with Gasteiger partial charge in [0.05, 0.1) is 5.69 Å². The Labute approximate surface area is 210 Å². The van der Waals surface area contributed by atoms with Gasteiger partial charge in [-0.3, -0.25) is 0 Å². The molecule has 7 nitrogen and oxygen atoms in total. The minimum Gasteiger partial charge on any atom is -0.504 e. The van der Waals surface area contributed by atoms with Crippen LogP contribution in [0.2, 0.25) is 5.02 Å². The number of aromatic hydroxyl groups is 1. The fourth-order valence-corrected chi connectivity index (χ4v) is 4.65. The summed E-state index contributed by atoms with van der Waals surface area (Å²) in [6.07, 6.45) is 0.879. The van der Waals surface area contributed by atoms with Gasteiger partial charge in [-0.1, -0.05) is 64.4 Å². The van der Waals surface area contributed by atoms with Crippen LogP contribution in [0.25, 0.3) is 16.7 Å². The molecule has 182 valence electrons. The number of rotatable bonds is 5. The van der Waals surface area contributed by atoms with Gasteiger partial charge in [0.15, 0.2) is 5.75 Å². The van der Waals surface area contributed by atoms with Crippen molar-refractivity contribution in [2.24, 2.45) is 5.41 Å². The van der Waals surface area contributed by atoms with E-state index in [2.05, 4.69) is 55.4 Å². The highest BCUT2D eigenvalue weighted by atomic mass is 35.5. The lowest BCUT2D eigenvalue weighted by molar-refractivity contribution is 0.262. The zero-order valence-electron chi connectivity index (χ0n) is 20.6. The molecule has 0 atom stereocenters. The Kier molecular flexibility index (Phi) is 6.47. The highest BCUT2D eigenvalue weighted by Crippen LogP contribution is 2.41. The number of phenolic OH excluding ortho intramolecular Hbond substituents is 1. The quantitative estimate of drug-likeness (QED) is 0.259. The van der Waals surface area contributed by atoms with Gasteiger partial charge in [0, 0.05) is 10.7 Å². The Morgan fingerprint density at radius 3 is 2.31 bits per heavy atom. The van der Waals surface area contributed by atoms with Gasteiger partial charge in [0.1, 0.15) is 16.7 Å². The summed E-state index contributed by atoms with van der Waals surface area (Å²) in [5, 5.41) is 26.4. The van der Waals surface area contributed by atoms with Gasteiger partial charge < -0.3 is 15.7 Å². The third-order valence-electron chi connectivity index (χ3n) is 5.68. The lowest BCUT2D eigenvalue weighted by atomic mass is 9.72. The number of halogens is 1. The van der Waals surface area contributed by atoms with E-state index in [0.29, 0.717) is 27.4 Å². The molecule has 0 aliphatic rings. The van der Waals surface area contributed by atoms with Gasteiger partial charge in [-0.15, -0.1) is 15.0 Å². The van der Waals surface area contributed by atoms with Crippen molar-refractivity contribution >= 4 is 40.0 Å². The molecule has 3 aromatic carbocycles. The molecule has 2 amide bonds. The predicted molar refractivity (Wildman–Crippen MR) is 142 cm³/mol. The molecule has 0 unspecified atom stereocenters. The summed E-state index contributed by atoms with van der Waals surface area (Å²) in [5.74, 6) is -0.130. The molecule has 0 saturated heterocycles. The monoisotopic (exact) mass is 491 g/mol. The number of aromatic nitrogens is 3. The zero-order chi connectivity index (χ0) is 25.4. The van der Waals surface area contributed by atoms with Crippen molar-refractivity contribution in [3.05, 3.63) is 71.2 Å². The SMILES string of the molecule is CC(C)(C)CC(C)(C)c1cc(NC(=O)Nc2ccccc2)c(O)c(-n2nc3ccc(Cl)cc3n2)c1. The molecular formula is C27H30ClN5O2. The van der Waals surface area contributed by atoms with Gasteiger partial charge in [-0.2, -0.15) is 0 Å². The minimum atomic E-state index is -0.464. The number of hydrogen-bond acceptors (Lipinski definition) is 4. The first-order valence-corrected chi connectivity index (χ1v) is 11.8. The second kappa shape index (κ2) is 9.23. The van der Waals surface area contributed by atoms with Crippen LogP contribution in [0.5, 0.6) is 5.75 Å². The molecule has 8 heteroatoms. The molecule has 1 heterocycles. The summed E-state index contributed by atoms with van der Waals surface area (Å²) in [4.78, 5) is 14.1. The molecule has 0 aliphatic heterocycles. The Bertz CT molecular complexity index is 1370. The van der Waals surface area contributed by atoms with Gasteiger partial charge in [-0.05, 0) is 65.3 Å². The fourth-order valence-electron chi connectivity index (χ4n) is 4.49. The Morgan fingerprint density at radius 2 is 1.63 bits per heavy atom. The Hall–Kier alpha value is -3.58. The number of urea groups is 1. The average molecular weight is 492 g/mol. The molecule has 3 N–H and O–H groups in total. The maximum atomic E-state index is 12.8. The van der Waals surface area contributed by atoms with E-state index in [-0.39, 0.29) is 22.3 Å². The number of phenols is 1. The van der Waals surface area contributed by atoms with Crippen molar-refractivity contribution < 1.29 is 9.90 Å². The van der Waals surface area contributed by atoms with Crippen LogP contribution in [0.1, 0.15) is 46.6 Å². The van der Waals surface area contributed by atoms with Gasteiger partial charge in [-0.25, -0.2) is 4.79 Å². The number of para-hydroxylation sites is 1. The van der Waals surface area contributed by atoms with Crippen molar-refractivity contribution in [2.75, 3.05) is 10.6 Å². The number of nitrogens with zero attached hydrogens (tertiary/aromatic N) is 3. The van der Waals surface area contributed by atoms with E-state index in [4.69, 9.17) is 11.6 Å². The maximum absolute atomic E-state index is 12.8. The molecule has 1 aromatic heterocycles. The number of carbonyl (C=O) groups excluding carboxylic acids is 1. The van der Waals surface area contributed by atoms with Crippen molar-refractivity contribution in [1.82, 2.24) is 15.0 Å². The second-order valence-corrected chi connectivity index (χ2v) is 11.0. The molecule has 4 rings (SSSR count). The minimum absolute atomic E-state index is 0.0647. The molecular weight excluding hydrogens is 462 g/mol. The summed E-state index contributed by atoms with van der Waals surface area (Å²) >= 11 is 6.12. The first-order chi connectivity index (χ1) is 16.4. The largest absolute Gasteiger partial charge is 0.504 e. The third-order valence-corrected chi connectivity index (χ3v) is 5.92. The summed E-state index contributed by atoms with van der Waals surface area (Å²) in [5.41, 5.74) is 3.27. The van der Waals surface area contributed by atoms with Gasteiger partial charge in [0.2, 0.25) is 0 Å². The van der Waals surface area contributed by atoms with Crippen LogP contribution >= 0.6 is 11.6 Å². The summed E-state index contributed by atoms with van der Waals surface area (Å²) < 4.78 is 0. The number of anilines is 2. The van der Waals surface area contributed by atoms with Crippen LogP contribution < -0.4 is 10.6 Å². The predicted octanol–water partition coefficient (Wildman–Crippen LogP) is 7.14. The molecule has 0 bridgehead atoms. The van der Waals surface area contributed by atoms with Crippen molar-refractivity contribution in [2.45, 2.75) is 46.5 Å². The molecule has 0 fully saturated rings. The smallest absolute Gasteiger partial charge is 0.323 e. The average Bonchev–Trinajstić information content (AvgIpc) is 3.17. The van der Waals surface area contributed by atoms with Crippen molar-refractivity contribution in [3.63, 3.8) is 0 Å². The first-order valence-electron chi connectivity index (χ1n) is 11.4. The maximum Gasteiger partial charge on any atom is 0.323 e.